The molecule has 1 aromatic heterocycles. The Morgan fingerprint density at radius 3 is 2.62 bits per heavy atom. The molecule has 7 nitrogen and oxygen atoms in total. The average molecular weight is 357 g/mol. The summed E-state index contributed by atoms with van der Waals surface area (Å²) in [6, 6.07) is 10.2. The Bertz CT molecular complexity index is 899. The van der Waals surface area contributed by atoms with Crippen molar-refractivity contribution in [2.24, 2.45) is 5.92 Å². The second kappa shape index (κ2) is 6.33. The lowest BCUT2D eigenvalue weighted by atomic mass is 9.78. The zero-order valence-corrected chi connectivity index (χ0v) is 14.7. The lowest BCUT2D eigenvalue weighted by Gasteiger charge is -2.24. The number of benzene rings is 1. The van der Waals surface area contributed by atoms with E-state index in [1.54, 1.807) is 47.9 Å². The number of hydrogen-bond donors (Lipinski definition) is 1. The minimum Gasteiger partial charge on any atom is -0.497 e. The molecule has 0 radical (unpaired) electrons. The van der Waals surface area contributed by atoms with Crippen LogP contribution in [0.1, 0.15) is 35.6 Å². The fourth-order valence-electron chi connectivity index (χ4n) is 3.43. The Hall–Kier alpha value is -3.09. The van der Waals surface area contributed by atoms with E-state index in [0.29, 0.717) is 29.2 Å². The standard InChI is InChI=1S/C19H19NO6/c1-11-10-20-14(16(21)12-5-4-6-13(9-12)25-3)7-8-15(20)19(11,2)17(22)26-18(23)24/h4-9,11H,10H2,1-3H3,(H,23,24). The van der Waals surface area contributed by atoms with Gasteiger partial charge < -0.3 is 19.1 Å². The van der Waals surface area contributed by atoms with E-state index >= 15 is 0 Å². The van der Waals surface area contributed by atoms with Gasteiger partial charge in [-0.2, -0.15) is 0 Å². The van der Waals surface area contributed by atoms with Gasteiger partial charge in [0.1, 0.15) is 11.2 Å². The molecule has 2 unspecified atom stereocenters. The predicted molar refractivity (Wildman–Crippen MR) is 91.5 cm³/mol. The van der Waals surface area contributed by atoms with Gasteiger partial charge in [-0.15, -0.1) is 0 Å². The Morgan fingerprint density at radius 2 is 1.96 bits per heavy atom. The molecular weight excluding hydrogens is 338 g/mol. The summed E-state index contributed by atoms with van der Waals surface area (Å²) in [5.41, 5.74) is 0.347. The largest absolute Gasteiger partial charge is 0.513 e. The number of carbonyl (C=O) groups is 3. The Balaban J connectivity index is 2.00. The van der Waals surface area contributed by atoms with Crippen molar-refractivity contribution in [3.05, 3.63) is 53.3 Å². The van der Waals surface area contributed by atoms with E-state index in [4.69, 9.17) is 9.84 Å². The van der Waals surface area contributed by atoms with Crippen molar-refractivity contribution in [1.82, 2.24) is 4.57 Å². The topological polar surface area (TPSA) is 94.8 Å². The third kappa shape index (κ3) is 2.65. The highest BCUT2D eigenvalue weighted by atomic mass is 16.7. The van der Waals surface area contributed by atoms with Crippen molar-refractivity contribution in [2.75, 3.05) is 7.11 Å². The molecule has 0 saturated heterocycles. The number of rotatable bonds is 4. The van der Waals surface area contributed by atoms with Crippen LogP contribution in [0.3, 0.4) is 0 Å². The molecule has 26 heavy (non-hydrogen) atoms. The second-order valence-corrected chi connectivity index (χ2v) is 6.53. The number of fused-ring (bicyclic) bond motifs is 1. The van der Waals surface area contributed by atoms with Crippen LogP contribution >= 0.6 is 0 Å². The van der Waals surface area contributed by atoms with Crippen molar-refractivity contribution in [3.63, 3.8) is 0 Å². The first-order valence-electron chi connectivity index (χ1n) is 8.13. The predicted octanol–water partition coefficient (Wildman–Crippen LogP) is 2.86. The zero-order valence-electron chi connectivity index (χ0n) is 14.7. The molecule has 3 rings (SSSR count). The summed E-state index contributed by atoms with van der Waals surface area (Å²) in [4.78, 5) is 36.0. The monoisotopic (exact) mass is 357 g/mol. The number of hydrogen-bond acceptors (Lipinski definition) is 5. The first kappa shape index (κ1) is 17.7. The number of nitrogens with zero attached hydrogens (tertiary/aromatic N) is 1. The van der Waals surface area contributed by atoms with Crippen LogP contribution in [0, 0.1) is 5.92 Å². The molecule has 1 aliphatic rings. The lowest BCUT2D eigenvalue weighted by Crippen LogP contribution is -2.38. The number of methoxy groups -OCH3 is 1. The Kier molecular flexibility index (Phi) is 4.31. The lowest BCUT2D eigenvalue weighted by molar-refractivity contribution is -0.146. The summed E-state index contributed by atoms with van der Waals surface area (Å²) in [5.74, 6) is -0.678. The highest BCUT2D eigenvalue weighted by molar-refractivity contribution is 6.08. The fraction of sp³-hybridized carbons (Fsp3) is 0.316. The quantitative estimate of drug-likeness (QED) is 0.514. The van der Waals surface area contributed by atoms with Gasteiger partial charge in [-0.3, -0.25) is 9.59 Å². The van der Waals surface area contributed by atoms with Gasteiger partial charge in [0.25, 0.3) is 0 Å². The van der Waals surface area contributed by atoms with Crippen molar-refractivity contribution in [1.29, 1.82) is 0 Å². The maximum atomic E-state index is 12.9. The molecule has 0 amide bonds. The summed E-state index contributed by atoms with van der Waals surface area (Å²) in [6.45, 7) is 3.89. The number of esters is 1. The molecule has 0 bridgehead atoms. The van der Waals surface area contributed by atoms with Crippen molar-refractivity contribution in [2.45, 2.75) is 25.8 Å². The van der Waals surface area contributed by atoms with E-state index in [-0.39, 0.29) is 11.7 Å². The van der Waals surface area contributed by atoms with Gasteiger partial charge in [0.15, 0.2) is 0 Å². The summed E-state index contributed by atoms with van der Waals surface area (Å²) in [7, 11) is 1.53. The van der Waals surface area contributed by atoms with Gasteiger partial charge in [0, 0.05) is 17.8 Å². The van der Waals surface area contributed by atoms with Gasteiger partial charge >= 0.3 is 12.1 Å². The van der Waals surface area contributed by atoms with Crippen LogP contribution in [-0.2, 0) is 21.5 Å². The molecule has 2 aromatic rings. The number of ether oxygens (including phenoxy) is 2. The van der Waals surface area contributed by atoms with Gasteiger partial charge in [-0.25, -0.2) is 4.79 Å². The highest BCUT2D eigenvalue weighted by Crippen LogP contribution is 2.42. The van der Waals surface area contributed by atoms with E-state index in [1.807, 2.05) is 6.92 Å². The van der Waals surface area contributed by atoms with Crippen LogP contribution in [0.5, 0.6) is 5.75 Å². The van der Waals surface area contributed by atoms with E-state index in [1.165, 1.54) is 7.11 Å². The number of aromatic nitrogens is 1. The van der Waals surface area contributed by atoms with Gasteiger partial charge in [0.2, 0.25) is 5.78 Å². The highest BCUT2D eigenvalue weighted by Gasteiger charge is 2.50. The SMILES string of the molecule is COc1cccc(C(=O)c2ccc3n2CC(C)C3(C)C(=O)OC(=O)O)c1. The van der Waals surface area contributed by atoms with Gasteiger partial charge in [-0.1, -0.05) is 19.1 Å². The summed E-state index contributed by atoms with van der Waals surface area (Å²) >= 11 is 0. The molecule has 1 aromatic carbocycles. The molecule has 2 heterocycles. The molecule has 0 spiro atoms. The summed E-state index contributed by atoms with van der Waals surface area (Å²) in [5, 5.41) is 8.77. The molecule has 0 aliphatic carbocycles. The van der Waals surface area contributed by atoms with Crippen molar-refractivity contribution < 1.29 is 29.0 Å². The second-order valence-electron chi connectivity index (χ2n) is 6.53. The Labute approximate surface area is 150 Å². The first-order valence-corrected chi connectivity index (χ1v) is 8.13. The van der Waals surface area contributed by atoms with Crippen LogP contribution in [0.15, 0.2) is 36.4 Å². The van der Waals surface area contributed by atoms with E-state index in [9.17, 15) is 14.4 Å². The normalized spacial score (nSPS) is 21.1. The van der Waals surface area contributed by atoms with Crippen LogP contribution in [0.25, 0.3) is 0 Å². The molecule has 0 saturated carbocycles. The molecule has 1 aliphatic heterocycles. The third-order valence-electron chi connectivity index (χ3n) is 5.12. The third-order valence-corrected chi connectivity index (χ3v) is 5.12. The molecule has 0 fully saturated rings. The fourth-order valence-corrected chi connectivity index (χ4v) is 3.43. The van der Waals surface area contributed by atoms with E-state index in [0.717, 1.165) is 0 Å². The van der Waals surface area contributed by atoms with Gasteiger partial charge in [0.05, 0.1) is 12.8 Å². The van der Waals surface area contributed by atoms with Crippen LogP contribution in [-0.4, -0.2) is 34.7 Å². The molecule has 2 atom stereocenters. The van der Waals surface area contributed by atoms with Crippen LogP contribution in [0.4, 0.5) is 4.79 Å². The van der Waals surface area contributed by atoms with Crippen molar-refractivity contribution in [3.8, 4) is 5.75 Å². The minimum atomic E-state index is -1.64. The number of carbonyl (C=O) groups excluding carboxylic acids is 2. The van der Waals surface area contributed by atoms with E-state index in [2.05, 4.69) is 4.74 Å². The summed E-state index contributed by atoms with van der Waals surface area (Å²) in [6.07, 6.45) is -1.64. The maximum absolute atomic E-state index is 12.9. The summed E-state index contributed by atoms with van der Waals surface area (Å²) < 4.78 is 11.3. The number of carboxylic acid groups (broad SMARTS) is 1. The smallest absolute Gasteiger partial charge is 0.497 e. The van der Waals surface area contributed by atoms with Crippen LogP contribution in [0.2, 0.25) is 0 Å². The molecule has 136 valence electrons. The molecule has 7 heteroatoms. The van der Waals surface area contributed by atoms with Gasteiger partial charge in [-0.05, 0) is 37.1 Å². The first-order chi connectivity index (χ1) is 12.3. The Morgan fingerprint density at radius 1 is 1.23 bits per heavy atom. The molecule has 1 N–H and O–H groups in total. The average Bonchev–Trinajstić information content (AvgIpc) is 3.13. The van der Waals surface area contributed by atoms with E-state index < -0.39 is 17.5 Å². The minimum absolute atomic E-state index is 0.196. The number of ketones is 1. The van der Waals surface area contributed by atoms with Crippen LogP contribution < -0.4 is 4.74 Å². The van der Waals surface area contributed by atoms with Crippen molar-refractivity contribution >= 4 is 17.9 Å². The maximum Gasteiger partial charge on any atom is 0.513 e. The zero-order chi connectivity index (χ0) is 19.1. The molecular formula is C19H19NO6.